The summed E-state index contributed by atoms with van der Waals surface area (Å²) in [4.78, 5) is 24.1. The third-order valence-electron chi connectivity index (χ3n) is 6.44. The van der Waals surface area contributed by atoms with E-state index in [1.807, 2.05) is 36.2 Å². The van der Waals surface area contributed by atoms with Gasteiger partial charge in [0.05, 0.1) is 12.7 Å². The summed E-state index contributed by atoms with van der Waals surface area (Å²) < 4.78 is 20.6. The second kappa shape index (κ2) is 9.20. The number of ketones is 1. The van der Waals surface area contributed by atoms with Crippen molar-refractivity contribution in [1.82, 2.24) is 9.97 Å². The molecule has 0 spiro atoms. The lowest BCUT2D eigenvalue weighted by Crippen LogP contribution is -2.38. The largest absolute Gasteiger partial charge is 0.489 e. The van der Waals surface area contributed by atoms with E-state index in [1.54, 1.807) is 6.92 Å². The first-order chi connectivity index (χ1) is 14.9. The molecule has 2 aliphatic rings. The second-order valence-corrected chi connectivity index (χ2v) is 8.89. The van der Waals surface area contributed by atoms with Crippen molar-refractivity contribution in [2.45, 2.75) is 64.0 Å². The van der Waals surface area contributed by atoms with Gasteiger partial charge in [-0.25, -0.2) is 9.37 Å². The fourth-order valence-electron chi connectivity index (χ4n) is 4.31. The molecule has 2 aromatic rings. The zero-order valence-corrected chi connectivity index (χ0v) is 18.6. The lowest BCUT2D eigenvalue weighted by molar-refractivity contribution is -0.117. The number of nitrogens with zero attached hydrogens (tertiary/aromatic N) is 4. The van der Waals surface area contributed by atoms with Gasteiger partial charge < -0.3 is 19.3 Å². The highest BCUT2D eigenvalue weighted by Gasteiger charge is 2.29. The van der Waals surface area contributed by atoms with E-state index in [-0.39, 0.29) is 17.8 Å². The number of anilines is 2. The molecule has 0 N–H and O–H groups in total. The zero-order valence-electron chi connectivity index (χ0n) is 18.6. The molecule has 31 heavy (non-hydrogen) atoms. The number of carbonyl (C=O) groups excluding carboxylic acids is 1. The molecule has 0 radical (unpaired) electrons. The molecule has 1 saturated heterocycles. The lowest BCUT2D eigenvalue weighted by Gasteiger charge is -2.35. The summed E-state index contributed by atoms with van der Waals surface area (Å²) in [6, 6.07) is 8.39. The van der Waals surface area contributed by atoms with Crippen molar-refractivity contribution in [3.05, 3.63) is 41.8 Å². The van der Waals surface area contributed by atoms with E-state index in [0.29, 0.717) is 37.3 Å². The van der Waals surface area contributed by atoms with Crippen LogP contribution in [0.4, 0.5) is 16.2 Å². The Labute approximate surface area is 183 Å². The molecule has 4 rings (SSSR count). The maximum Gasteiger partial charge on any atom is 0.227 e. The molecule has 2 atom stereocenters. The SMILES string of the molecule is CC(=O)C[C@@H](C)c1ccc(O[C@@H]2CCN(c3nc(N(C)C4CCC4)ncc3F)C2)cc1. The van der Waals surface area contributed by atoms with Crippen molar-refractivity contribution in [3.63, 3.8) is 0 Å². The number of ether oxygens (including phenoxy) is 1. The monoisotopic (exact) mass is 426 g/mol. The maximum absolute atomic E-state index is 14.5. The molecule has 2 heterocycles. The Balaban J connectivity index is 1.38. The van der Waals surface area contributed by atoms with Crippen LogP contribution in [-0.4, -0.2) is 48.0 Å². The van der Waals surface area contributed by atoms with Gasteiger partial charge in [0.1, 0.15) is 17.6 Å². The van der Waals surface area contributed by atoms with Gasteiger partial charge in [0.25, 0.3) is 0 Å². The molecule has 1 aromatic heterocycles. The molecular weight excluding hydrogens is 395 g/mol. The van der Waals surface area contributed by atoms with Crippen LogP contribution in [0.3, 0.4) is 0 Å². The highest BCUT2D eigenvalue weighted by atomic mass is 19.1. The number of carbonyl (C=O) groups is 1. The molecule has 0 bridgehead atoms. The second-order valence-electron chi connectivity index (χ2n) is 8.89. The number of rotatable bonds is 8. The minimum Gasteiger partial charge on any atom is -0.489 e. The summed E-state index contributed by atoms with van der Waals surface area (Å²) in [5.74, 6) is 1.73. The van der Waals surface area contributed by atoms with E-state index in [1.165, 1.54) is 12.6 Å². The van der Waals surface area contributed by atoms with E-state index in [4.69, 9.17) is 4.74 Å². The Bertz CT molecular complexity index is 916. The smallest absolute Gasteiger partial charge is 0.227 e. The minimum atomic E-state index is -0.393. The maximum atomic E-state index is 14.5. The van der Waals surface area contributed by atoms with Crippen LogP contribution in [0.5, 0.6) is 5.75 Å². The molecule has 166 valence electrons. The van der Waals surface area contributed by atoms with Crippen molar-refractivity contribution >= 4 is 17.5 Å². The summed E-state index contributed by atoms with van der Waals surface area (Å²) in [7, 11) is 1.98. The van der Waals surface area contributed by atoms with Gasteiger partial charge >= 0.3 is 0 Å². The van der Waals surface area contributed by atoms with Crippen LogP contribution in [0.1, 0.15) is 57.4 Å². The zero-order chi connectivity index (χ0) is 22.0. The fourth-order valence-corrected chi connectivity index (χ4v) is 4.31. The van der Waals surface area contributed by atoms with Crippen LogP contribution in [0.2, 0.25) is 0 Å². The first-order valence-corrected chi connectivity index (χ1v) is 11.2. The number of benzene rings is 1. The molecule has 2 fully saturated rings. The van der Waals surface area contributed by atoms with Crippen molar-refractivity contribution < 1.29 is 13.9 Å². The highest BCUT2D eigenvalue weighted by Crippen LogP contribution is 2.30. The van der Waals surface area contributed by atoms with Crippen molar-refractivity contribution in [2.75, 3.05) is 29.9 Å². The molecule has 7 heteroatoms. The van der Waals surface area contributed by atoms with E-state index < -0.39 is 5.82 Å². The van der Waals surface area contributed by atoms with Gasteiger partial charge in [-0.3, -0.25) is 0 Å². The fraction of sp³-hybridized carbons (Fsp3) is 0.542. The number of Topliss-reactive ketones (excluding diaryl/α,β-unsaturated/α-hetero) is 1. The van der Waals surface area contributed by atoms with Gasteiger partial charge in [-0.2, -0.15) is 4.98 Å². The molecule has 0 unspecified atom stereocenters. The van der Waals surface area contributed by atoms with Gasteiger partial charge in [-0.15, -0.1) is 0 Å². The van der Waals surface area contributed by atoms with Gasteiger partial charge in [0.2, 0.25) is 5.95 Å². The van der Waals surface area contributed by atoms with Crippen LogP contribution in [0.15, 0.2) is 30.5 Å². The van der Waals surface area contributed by atoms with E-state index >= 15 is 0 Å². The van der Waals surface area contributed by atoms with Crippen molar-refractivity contribution in [3.8, 4) is 5.75 Å². The predicted molar refractivity (Wildman–Crippen MR) is 119 cm³/mol. The summed E-state index contributed by atoms with van der Waals surface area (Å²) in [6.45, 7) is 4.95. The quantitative estimate of drug-likeness (QED) is 0.626. The third-order valence-corrected chi connectivity index (χ3v) is 6.44. The van der Waals surface area contributed by atoms with Gasteiger partial charge in [0.15, 0.2) is 11.6 Å². The Morgan fingerprint density at radius 1 is 1.29 bits per heavy atom. The number of hydrogen-bond donors (Lipinski definition) is 0. The topological polar surface area (TPSA) is 58.6 Å². The Kier molecular flexibility index (Phi) is 6.39. The summed E-state index contributed by atoms with van der Waals surface area (Å²) in [5, 5.41) is 0. The summed E-state index contributed by atoms with van der Waals surface area (Å²) in [6.07, 6.45) is 6.10. The van der Waals surface area contributed by atoms with Gasteiger partial charge in [-0.1, -0.05) is 19.1 Å². The Hall–Kier alpha value is -2.70. The van der Waals surface area contributed by atoms with Crippen LogP contribution < -0.4 is 14.5 Å². The van der Waals surface area contributed by atoms with Crippen molar-refractivity contribution in [2.24, 2.45) is 0 Å². The lowest BCUT2D eigenvalue weighted by atomic mass is 9.92. The van der Waals surface area contributed by atoms with Gasteiger partial charge in [-0.05, 0) is 49.8 Å². The summed E-state index contributed by atoms with van der Waals surface area (Å²) >= 11 is 0. The first kappa shape index (κ1) is 21.5. The first-order valence-electron chi connectivity index (χ1n) is 11.2. The minimum absolute atomic E-state index is 0.0253. The van der Waals surface area contributed by atoms with E-state index in [0.717, 1.165) is 30.6 Å². The van der Waals surface area contributed by atoms with Crippen LogP contribution >= 0.6 is 0 Å². The molecule has 0 amide bonds. The molecule has 1 saturated carbocycles. The normalized spacial score (nSPS) is 19.7. The Morgan fingerprint density at radius 3 is 2.68 bits per heavy atom. The molecule has 1 aliphatic carbocycles. The van der Waals surface area contributed by atoms with Crippen LogP contribution in [-0.2, 0) is 4.79 Å². The molecule has 6 nitrogen and oxygen atoms in total. The number of aromatic nitrogens is 2. The number of hydrogen-bond acceptors (Lipinski definition) is 6. The third kappa shape index (κ3) is 4.97. The van der Waals surface area contributed by atoms with Crippen LogP contribution in [0, 0.1) is 5.82 Å². The van der Waals surface area contributed by atoms with Crippen LogP contribution in [0.25, 0.3) is 0 Å². The Morgan fingerprint density at radius 2 is 2.03 bits per heavy atom. The predicted octanol–water partition coefficient (Wildman–Crippen LogP) is 4.34. The highest BCUT2D eigenvalue weighted by molar-refractivity contribution is 5.76. The van der Waals surface area contributed by atoms with E-state index in [2.05, 4.69) is 21.8 Å². The summed E-state index contributed by atoms with van der Waals surface area (Å²) in [5.41, 5.74) is 1.13. The molecule has 1 aliphatic heterocycles. The van der Waals surface area contributed by atoms with Crippen molar-refractivity contribution in [1.29, 1.82) is 0 Å². The molecular formula is C24H31FN4O2. The number of halogens is 1. The van der Waals surface area contributed by atoms with E-state index in [9.17, 15) is 9.18 Å². The average molecular weight is 427 g/mol. The van der Waals surface area contributed by atoms with Gasteiger partial charge in [0, 0.05) is 32.5 Å². The average Bonchev–Trinajstić information content (AvgIpc) is 3.15. The molecule has 1 aromatic carbocycles. The standard InChI is InChI=1S/C24H31FN4O2/c1-16(13-17(2)30)18-7-9-20(10-8-18)31-21-11-12-29(15-21)23-22(25)14-26-24(27-23)28(3)19-5-4-6-19/h7-10,14,16,19,21H,4-6,11-13,15H2,1-3H3/t16-,21-/m1/s1.